The Morgan fingerprint density at radius 3 is 1.47 bits per heavy atom. The molecule has 2 aliphatic heterocycles. The molecule has 0 saturated carbocycles. The van der Waals surface area contributed by atoms with E-state index in [0.717, 1.165) is 34.1 Å². The predicted molar refractivity (Wildman–Crippen MR) is 196 cm³/mol. The Labute approximate surface area is 327 Å². The van der Waals surface area contributed by atoms with Crippen LogP contribution in [0.15, 0.2) is 49.1 Å². The van der Waals surface area contributed by atoms with Crippen molar-refractivity contribution in [2.24, 2.45) is 0 Å². The number of nitrogens with one attached hydrogen (secondary N) is 7. The number of carbonyl (C=O) groups is 11. The molecular formula is C35H47N9O13. The molecule has 2 rings (SSSR count). The minimum atomic E-state index is -1.28. The Morgan fingerprint density at radius 1 is 0.614 bits per heavy atom. The first-order valence-corrected chi connectivity index (χ1v) is 17.8. The summed E-state index contributed by atoms with van der Waals surface area (Å²) in [7, 11) is 0. The number of unbranched alkanes of at least 4 members (excludes halogenated alkanes) is 1. The number of nitrogens with zero attached hydrogens (tertiary/aromatic N) is 2. The Bertz CT molecular complexity index is 1570. The maximum atomic E-state index is 13.5. The van der Waals surface area contributed by atoms with E-state index in [1.54, 1.807) is 13.8 Å². The van der Waals surface area contributed by atoms with Crippen LogP contribution in [-0.4, -0.2) is 120 Å². The molecule has 0 aromatic carbocycles. The van der Waals surface area contributed by atoms with Gasteiger partial charge in [-0.1, -0.05) is 13.2 Å². The number of amides is 11. The predicted octanol–water partition coefficient (Wildman–Crippen LogP) is -1.68. The fourth-order valence-electron chi connectivity index (χ4n) is 5.05. The molecule has 22 heteroatoms. The van der Waals surface area contributed by atoms with Crippen molar-refractivity contribution in [3.05, 3.63) is 49.1 Å². The number of alkyl carbamates (subject to hydrolysis) is 2. The van der Waals surface area contributed by atoms with Crippen LogP contribution >= 0.6 is 0 Å². The lowest BCUT2D eigenvalue weighted by atomic mass is 10.1. The summed E-state index contributed by atoms with van der Waals surface area (Å²) in [5.74, 6) is -6.79. The smallest absolute Gasteiger partial charge is 0.407 e. The van der Waals surface area contributed by atoms with Gasteiger partial charge in [0.1, 0.15) is 17.7 Å². The Kier molecular flexibility index (Phi) is 19.3. The SMILES string of the molecule is C=C(NC(=O)CCN1C(=O)C=CC1=O)NC(=O)CC(CC(=O)NC(=C)NC(=O)CCN1C(=O)C=CC1=O)NC(=O)C(CCCCNC(=O)OCC)NC(=O)OCC. The minimum absolute atomic E-state index is 0.00905. The minimum Gasteiger partial charge on any atom is -0.450 e. The van der Waals surface area contributed by atoms with Gasteiger partial charge in [-0.25, -0.2) is 9.59 Å². The van der Waals surface area contributed by atoms with E-state index in [1.165, 1.54) is 0 Å². The number of imide groups is 2. The highest BCUT2D eigenvalue weighted by Crippen LogP contribution is 2.08. The quantitative estimate of drug-likeness (QED) is 0.0425. The molecule has 1 atom stereocenters. The zero-order valence-electron chi connectivity index (χ0n) is 31.6. The van der Waals surface area contributed by atoms with E-state index in [1.807, 2.05) is 0 Å². The fraction of sp³-hybridized carbons (Fsp3) is 0.457. The first-order chi connectivity index (χ1) is 27.0. The van der Waals surface area contributed by atoms with Gasteiger partial charge >= 0.3 is 12.2 Å². The summed E-state index contributed by atoms with van der Waals surface area (Å²) in [6.45, 7) is 10.2. The number of carbonyl (C=O) groups excluding carboxylic acids is 11. The van der Waals surface area contributed by atoms with Crippen LogP contribution in [0.25, 0.3) is 0 Å². The number of hydrogen-bond donors (Lipinski definition) is 7. The normalized spacial score (nSPS) is 13.5. The van der Waals surface area contributed by atoms with Crippen LogP contribution in [0.5, 0.6) is 0 Å². The van der Waals surface area contributed by atoms with Crippen molar-refractivity contribution in [2.75, 3.05) is 32.8 Å². The maximum absolute atomic E-state index is 13.5. The number of rotatable bonds is 24. The molecule has 0 aromatic rings. The second-order valence-corrected chi connectivity index (χ2v) is 12.1. The van der Waals surface area contributed by atoms with Crippen molar-refractivity contribution in [2.45, 2.75) is 70.9 Å². The molecule has 11 amide bonds. The van der Waals surface area contributed by atoms with Crippen molar-refractivity contribution >= 4 is 65.4 Å². The third-order valence-corrected chi connectivity index (χ3v) is 7.65. The van der Waals surface area contributed by atoms with Gasteiger partial charge in [0.25, 0.3) is 23.6 Å². The molecule has 0 aliphatic carbocycles. The highest BCUT2D eigenvalue weighted by atomic mass is 16.6. The summed E-state index contributed by atoms with van der Waals surface area (Å²) in [5, 5.41) is 16.7. The lowest BCUT2D eigenvalue weighted by Gasteiger charge is -2.23. The third kappa shape index (κ3) is 17.4. The van der Waals surface area contributed by atoms with Crippen LogP contribution in [0.4, 0.5) is 9.59 Å². The summed E-state index contributed by atoms with van der Waals surface area (Å²) in [4.78, 5) is 137. The lowest BCUT2D eigenvalue weighted by Crippen LogP contribution is -2.51. The van der Waals surface area contributed by atoms with Gasteiger partial charge in [-0.15, -0.1) is 0 Å². The van der Waals surface area contributed by atoms with E-state index in [2.05, 4.69) is 50.4 Å². The monoisotopic (exact) mass is 801 g/mol. The molecule has 0 aromatic heterocycles. The van der Waals surface area contributed by atoms with Gasteiger partial charge in [0.15, 0.2) is 0 Å². The second kappa shape index (κ2) is 23.8. The molecule has 0 radical (unpaired) electrons. The first-order valence-electron chi connectivity index (χ1n) is 17.8. The average molecular weight is 802 g/mol. The Balaban J connectivity index is 2.07. The van der Waals surface area contributed by atoms with E-state index in [-0.39, 0.29) is 63.8 Å². The molecule has 0 saturated heterocycles. The van der Waals surface area contributed by atoms with Gasteiger partial charge < -0.3 is 46.7 Å². The van der Waals surface area contributed by atoms with Gasteiger partial charge in [-0.05, 0) is 33.1 Å². The molecule has 0 fully saturated rings. The van der Waals surface area contributed by atoms with Gasteiger partial charge in [0.2, 0.25) is 29.5 Å². The largest absolute Gasteiger partial charge is 0.450 e. The molecule has 1 unspecified atom stereocenters. The van der Waals surface area contributed by atoms with E-state index in [0.29, 0.717) is 12.8 Å². The molecule has 2 aliphatic rings. The van der Waals surface area contributed by atoms with E-state index in [9.17, 15) is 52.7 Å². The summed E-state index contributed by atoms with van der Waals surface area (Å²) in [6, 6.07) is -2.50. The first kappa shape index (κ1) is 46.3. The topological polar surface area (TPSA) is 297 Å². The molecule has 0 spiro atoms. The summed E-state index contributed by atoms with van der Waals surface area (Å²) in [6.07, 6.45) is 1.64. The number of hydrogen-bond acceptors (Lipinski definition) is 13. The van der Waals surface area contributed by atoms with E-state index in [4.69, 9.17) is 9.47 Å². The van der Waals surface area contributed by atoms with Gasteiger partial charge in [0, 0.05) is 75.7 Å². The van der Waals surface area contributed by atoms with Gasteiger partial charge in [-0.3, -0.25) is 53.0 Å². The molecule has 57 heavy (non-hydrogen) atoms. The molecule has 22 nitrogen and oxygen atoms in total. The van der Waals surface area contributed by atoms with Crippen molar-refractivity contribution in [1.29, 1.82) is 0 Å². The van der Waals surface area contributed by atoms with Gasteiger partial charge in [0.05, 0.1) is 13.2 Å². The summed E-state index contributed by atoms with van der Waals surface area (Å²) >= 11 is 0. The Morgan fingerprint density at radius 2 is 1.04 bits per heavy atom. The maximum Gasteiger partial charge on any atom is 0.407 e. The highest BCUT2D eigenvalue weighted by Gasteiger charge is 2.28. The van der Waals surface area contributed by atoms with Crippen molar-refractivity contribution in [1.82, 2.24) is 47.0 Å². The molecule has 0 bridgehead atoms. The van der Waals surface area contributed by atoms with Crippen LogP contribution in [0.3, 0.4) is 0 Å². The second-order valence-electron chi connectivity index (χ2n) is 12.1. The fourth-order valence-corrected chi connectivity index (χ4v) is 5.05. The zero-order valence-corrected chi connectivity index (χ0v) is 31.6. The van der Waals surface area contributed by atoms with Crippen LogP contribution in [0.2, 0.25) is 0 Å². The average Bonchev–Trinajstić information content (AvgIpc) is 3.62. The molecular weight excluding hydrogens is 754 g/mol. The van der Waals surface area contributed by atoms with E-state index >= 15 is 0 Å². The van der Waals surface area contributed by atoms with Crippen molar-refractivity contribution < 1.29 is 62.2 Å². The summed E-state index contributed by atoms with van der Waals surface area (Å²) in [5.41, 5.74) is 0. The standard InChI is InChI=1S/C35H47N9O13/c1-5-56-34(54)36-16-8-7-9-24(42-35(55)57-6-2)33(53)41-23(19-27(47)39-21(3)37-25(45)14-17-43-29(49)10-11-30(43)50)20-28(48)40-22(4)38-26(46)15-18-44-31(51)12-13-32(44)52/h10-13,23-24H,3-9,14-20H2,1-2H3,(H,36,54)(H,37,45)(H,38,46)(H,39,47)(H,40,48)(H,41,53)(H,42,55). The van der Waals surface area contributed by atoms with Crippen LogP contribution < -0.4 is 37.2 Å². The van der Waals surface area contributed by atoms with Crippen LogP contribution in [0.1, 0.15) is 58.8 Å². The lowest BCUT2D eigenvalue weighted by molar-refractivity contribution is -0.139. The molecule has 310 valence electrons. The summed E-state index contributed by atoms with van der Waals surface area (Å²) < 4.78 is 9.70. The van der Waals surface area contributed by atoms with Gasteiger partial charge in [-0.2, -0.15) is 0 Å². The molecule has 2 heterocycles. The third-order valence-electron chi connectivity index (χ3n) is 7.65. The highest BCUT2D eigenvalue weighted by molar-refractivity contribution is 6.13. The Hall–Kier alpha value is -6.87. The van der Waals surface area contributed by atoms with Crippen molar-refractivity contribution in [3.8, 4) is 0 Å². The zero-order chi connectivity index (χ0) is 42.5. The molecule has 7 N–H and O–H groups in total. The van der Waals surface area contributed by atoms with Crippen molar-refractivity contribution in [3.63, 3.8) is 0 Å². The van der Waals surface area contributed by atoms with Crippen LogP contribution in [-0.2, 0) is 52.6 Å². The van der Waals surface area contributed by atoms with Crippen LogP contribution in [0, 0.1) is 0 Å². The number of ether oxygens (including phenoxy) is 2. The van der Waals surface area contributed by atoms with E-state index < -0.39 is 90.3 Å².